The molecule has 0 atom stereocenters. The summed E-state index contributed by atoms with van der Waals surface area (Å²) in [7, 11) is 0. The Balaban J connectivity index is 1.41. The molecule has 2 aliphatic rings. The highest BCUT2D eigenvalue weighted by molar-refractivity contribution is 5.92. The van der Waals surface area contributed by atoms with Gasteiger partial charge in [0.05, 0.1) is 18.9 Å². The lowest BCUT2D eigenvalue weighted by molar-refractivity contribution is 0.0786. The number of carbonyl (C=O) groups is 1. The third kappa shape index (κ3) is 3.68. The number of amides is 1. The lowest BCUT2D eigenvalue weighted by Crippen LogP contribution is -2.28. The predicted molar refractivity (Wildman–Crippen MR) is 96.6 cm³/mol. The number of likely N-dealkylation sites (tertiary alicyclic amines) is 1. The standard InChI is InChI=1S/C18H25N7O/c26-18(24-8-4-5-9-24)15-10-19-11-16(22-15)20-12-17-23-21-13-25(17)14-6-2-1-3-7-14/h10-11,13-14H,1-9,12H2,(H,20,22). The van der Waals surface area contributed by atoms with Crippen molar-refractivity contribution in [3.63, 3.8) is 0 Å². The number of nitrogens with zero attached hydrogens (tertiary/aromatic N) is 6. The largest absolute Gasteiger partial charge is 0.361 e. The molecule has 2 aromatic heterocycles. The maximum atomic E-state index is 12.5. The molecule has 2 fully saturated rings. The van der Waals surface area contributed by atoms with Gasteiger partial charge in [-0.1, -0.05) is 19.3 Å². The first-order valence-corrected chi connectivity index (χ1v) is 9.55. The van der Waals surface area contributed by atoms with Crippen molar-refractivity contribution in [2.24, 2.45) is 0 Å². The molecule has 1 aliphatic heterocycles. The van der Waals surface area contributed by atoms with Gasteiger partial charge < -0.3 is 14.8 Å². The molecule has 4 rings (SSSR count). The van der Waals surface area contributed by atoms with E-state index < -0.39 is 0 Å². The predicted octanol–water partition coefficient (Wildman–Crippen LogP) is 2.42. The Hall–Kier alpha value is -2.51. The van der Waals surface area contributed by atoms with E-state index >= 15 is 0 Å². The van der Waals surface area contributed by atoms with Crippen LogP contribution in [0.2, 0.25) is 0 Å². The fraction of sp³-hybridized carbons (Fsp3) is 0.611. The lowest BCUT2D eigenvalue weighted by atomic mass is 9.95. The van der Waals surface area contributed by atoms with Crippen molar-refractivity contribution in [2.75, 3.05) is 18.4 Å². The van der Waals surface area contributed by atoms with Crippen molar-refractivity contribution >= 4 is 11.7 Å². The molecule has 8 nitrogen and oxygen atoms in total. The topological polar surface area (TPSA) is 88.8 Å². The molecule has 1 N–H and O–H groups in total. The number of nitrogens with one attached hydrogen (secondary N) is 1. The molecule has 8 heteroatoms. The molecule has 0 bridgehead atoms. The van der Waals surface area contributed by atoms with E-state index in [2.05, 4.69) is 30.0 Å². The third-order valence-corrected chi connectivity index (χ3v) is 5.29. The van der Waals surface area contributed by atoms with Crippen LogP contribution in [0.5, 0.6) is 0 Å². The summed E-state index contributed by atoms with van der Waals surface area (Å²) < 4.78 is 2.18. The van der Waals surface area contributed by atoms with Crippen LogP contribution in [-0.2, 0) is 6.54 Å². The van der Waals surface area contributed by atoms with Gasteiger partial charge in [-0.3, -0.25) is 9.78 Å². The van der Waals surface area contributed by atoms with Crippen LogP contribution in [0.4, 0.5) is 5.82 Å². The molecular weight excluding hydrogens is 330 g/mol. The Morgan fingerprint density at radius 3 is 2.73 bits per heavy atom. The second kappa shape index (κ2) is 7.80. The molecule has 1 amide bonds. The van der Waals surface area contributed by atoms with E-state index in [0.717, 1.165) is 31.8 Å². The molecule has 0 radical (unpaired) electrons. The minimum atomic E-state index is -0.0379. The Labute approximate surface area is 153 Å². The number of hydrogen-bond donors (Lipinski definition) is 1. The first-order valence-electron chi connectivity index (χ1n) is 9.55. The molecule has 0 unspecified atom stereocenters. The van der Waals surface area contributed by atoms with E-state index in [4.69, 9.17) is 0 Å². The van der Waals surface area contributed by atoms with Crippen molar-refractivity contribution in [1.29, 1.82) is 0 Å². The molecule has 1 aliphatic carbocycles. The summed E-state index contributed by atoms with van der Waals surface area (Å²) in [6.45, 7) is 2.14. The minimum Gasteiger partial charge on any atom is -0.361 e. The van der Waals surface area contributed by atoms with Gasteiger partial charge in [0.1, 0.15) is 17.8 Å². The summed E-state index contributed by atoms with van der Waals surface area (Å²) in [5, 5.41) is 11.6. The van der Waals surface area contributed by atoms with E-state index in [0.29, 0.717) is 24.1 Å². The highest BCUT2D eigenvalue weighted by Crippen LogP contribution is 2.28. The van der Waals surface area contributed by atoms with Crippen molar-refractivity contribution in [3.8, 4) is 0 Å². The highest BCUT2D eigenvalue weighted by atomic mass is 16.2. The van der Waals surface area contributed by atoms with Crippen LogP contribution in [-0.4, -0.2) is 48.6 Å². The smallest absolute Gasteiger partial charge is 0.274 e. The van der Waals surface area contributed by atoms with Crippen LogP contribution in [0, 0.1) is 0 Å². The van der Waals surface area contributed by atoms with E-state index in [1.165, 1.54) is 38.3 Å². The number of carbonyl (C=O) groups excluding carboxylic acids is 1. The molecule has 0 aromatic carbocycles. The van der Waals surface area contributed by atoms with Gasteiger partial charge in [-0.25, -0.2) is 4.98 Å². The van der Waals surface area contributed by atoms with E-state index in [1.54, 1.807) is 6.20 Å². The Morgan fingerprint density at radius 1 is 1.12 bits per heavy atom. The summed E-state index contributed by atoms with van der Waals surface area (Å²) >= 11 is 0. The van der Waals surface area contributed by atoms with Gasteiger partial charge in [0.25, 0.3) is 5.91 Å². The number of anilines is 1. The molecule has 26 heavy (non-hydrogen) atoms. The van der Waals surface area contributed by atoms with Gasteiger partial charge in [-0.05, 0) is 25.7 Å². The fourth-order valence-corrected chi connectivity index (χ4v) is 3.86. The lowest BCUT2D eigenvalue weighted by Gasteiger charge is -2.24. The minimum absolute atomic E-state index is 0.0379. The summed E-state index contributed by atoms with van der Waals surface area (Å²) in [5.74, 6) is 1.45. The first kappa shape index (κ1) is 16.9. The second-order valence-corrected chi connectivity index (χ2v) is 7.09. The zero-order valence-corrected chi connectivity index (χ0v) is 15.0. The van der Waals surface area contributed by atoms with Crippen molar-refractivity contribution in [3.05, 3.63) is 30.2 Å². The van der Waals surface area contributed by atoms with Gasteiger partial charge in [-0.2, -0.15) is 0 Å². The van der Waals surface area contributed by atoms with Gasteiger partial charge >= 0.3 is 0 Å². The maximum absolute atomic E-state index is 12.5. The number of hydrogen-bond acceptors (Lipinski definition) is 6. The molecule has 2 aromatic rings. The number of rotatable bonds is 5. The van der Waals surface area contributed by atoms with Gasteiger partial charge in [-0.15, -0.1) is 10.2 Å². The zero-order valence-electron chi connectivity index (χ0n) is 15.0. The van der Waals surface area contributed by atoms with E-state index in [-0.39, 0.29) is 5.91 Å². The Kier molecular flexibility index (Phi) is 5.08. The molecule has 138 valence electrons. The fourth-order valence-electron chi connectivity index (χ4n) is 3.86. The number of aromatic nitrogens is 5. The summed E-state index contributed by atoms with van der Waals surface area (Å²) in [4.78, 5) is 22.9. The SMILES string of the molecule is O=C(c1cncc(NCc2nncn2C2CCCCC2)n1)N1CCCC1. The van der Waals surface area contributed by atoms with Crippen LogP contribution in [0.1, 0.15) is 67.3 Å². The van der Waals surface area contributed by atoms with Crippen LogP contribution in [0.15, 0.2) is 18.7 Å². The Bertz CT molecular complexity index is 748. The van der Waals surface area contributed by atoms with Crippen LogP contribution in [0.3, 0.4) is 0 Å². The highest BCUT2D eigenvalue weighted by Gasteiger charge is 2.21. The quantitative estimate of drug-likeness (QED) is 0.886. The normalized spacial score (nSPS) is 18.2. The second-order valence-electron chi connectivity index (χ2n) is 7.09. The van der Waals surface area contributed by atoms with Gasteiger partial charge in [0.2, 0.25) is 0 Å². The molecule has 3 heterocycles. The average molecular weight is 355 g/mol. The molecule has 0 spiro atoms. The Morgan fingerprint density at radius 2 is 1.92 bits per heavy atom. The van der Waals surface area contributed by atoms with Crippen molar-refractivity contribution in [2.45, 2.75) is 57.5 Å². The van der Waals surface area contributed by atoms with Gasteiger partial charge in [0, 0.05) is 19.1 Å². The van der Waals surface area contributed by atoms with Gasteiger partial charge in [0.15, 0.2) is 5.82 Å². The van der Waals surface area contributed by atoms with Crippen molar-refractivity contribution in [1.82, 2.24) is 29.6 Å². The molecule has 1 saturated carbocycles. The van der Waals surface area contributed by atoms with Crippen molar-refractivity contribution < 1.29 is 4.79 Å². The van der Waals surface area contributed by atoms with E-state index in [9.17, 15) is 4.79 Å². The zero-order chi connectivity index (χ0) is 17.8. The summed E-state index contributed by atoms with van der Waals surface area (Å²) in [6.07, 6.45) is 13.4. The summed E-state index contributed by atoms with van der Waals surface area (Å²) in [6, 6.07) is 0.490. The average Bonchev–Trinajstić information content (AvgIpc) is 3.38. The van der Waals surface area contributed by atoms with Crippen LogP contribution >= 0.6 is 0 Å². The van der Waals surface area contributed by atoms with Crippen LogP contribution in [0.25, 0.3) is 0 Å². The van der Waals surface area contributed by atoms with Crippen LogP contribution < -0.4 is 5.32 Å². The third-order valence-electron chi connectivity index (χ3n) is 5.29. The first-order chi connectivity index (χ1) is 12.8. The summed E-state index contributed by atoms with van der Waals surface area (Å²) in [5.41, 5.74) is 0.394. The van der Waals surface area contributed by atoms with E-state index in [1.807, 2.05) is 11.2 Å². The monoisotopic (exact) mass is 355 g/mol. The molecular formula is C18H25N7O. The molecule has 1 saturated heterocycles. The maximum Gasteiger partial charge on any atom is 0.274 e.